The summed E-state index contributed by atoms with van der Waals surface area (Å²) in [4.78, 5) is 11.1. The van der Waals surface area contributed by atoms with Crippen LogP contribution in [-0.4, -0.2) is 5.91 Å². The summed E-state index contributed by atoms with van der Waals surface area (Å²) in [7, 11) is 0. The summed E-state index contributed by atoms with van der Waals surface area (Å²) < 4.78 is 0. The van der Waals surface area contributed by atoms with Gasteiger partial charge >= 0.3 is 0 Å². The zero-order valence-corrected chi connectivity index (χ0v) is 10.2. The largest absolute Gasteiger partial charge is 0.366 e. The molecule has 0 aromatic heterocycles. The van der Waals surface area contributed by atoms with Gasteiger partial charge in [0.2, 0.25) is 5.91 Å². The van der Waals surface area contributed by atoms with Crippen LogP contribution in [0.5, 0.6) is 0 Å². The second-order valence-electron chi connectivity index (χ2n) is 3.90. The van der Waals surface area contributed by atoms with Gasteiger partial charge in [-0.15, -0.1) is 0 Å². The summed E-state index contributed by atoms with van der Waals surface area (Å²) in [5, 5.41) is 0.708. The van der Waals surface area contributed by atoms with E-state index in [1.54, 1.807) is 12.1 Å². The van der Waals surface area contributed by atoms with E-state index in [1.807, 2.05) is 37.3 Å². The lowest BCUT2D eigenvalue weighted by molar-refractivity contribution is 0.1000. The number of aryl methyl sites for hydroxylation is 1. The molecule has 1 amide bonds. The number of primary amides is 1. The Morgan fingerprint density at radius 3 is 2.29 bits per heavy atom. The molecule has 0 radical (unpaired) electrons. The van der Waals surface area contributed by atoms with Gasteiger partial charge in [0.15, 0.2) is 0 Å². The van der Waals surface area contributed by atoms with Crippen molar-refractivity contribution in [2.24, 2.45) is 5.73 Å². The predicted molar refractivity (Wildman–Crippen MR) is 70.1 cm³/mol. The van der Waals surface area contributed by atoms with E-state index >= 15 is 0 Å². The first-order chi connectivity index (χ1) is 8.08. The molecular weight excluding hydrogens is 234 g/mol. The molecule has 0 heterocycles. The fourth-order valence-corrected chi connectivity index (χ4v) is 1.90. The minimum atomic E-state index is -0.407. The Kier molecular flexibility index (Phi) is 3.16. The molecule has 0 spiro atoms. The monoisotopic (exact) mass is 245 g/mol. The summed E-state index contributed by atoms with van der Waals surface area (Å²) in [6.45, 7) is 1.95. The van der Waals surface area contributed by atoms with Crippen LogP contribution in [0.2, 0.25) is 5.02 Å². The zero-order chi connectivity index (χ0) is 12.4. The minimum Gasteiger partial charge on any atom is -0.366 e. The molecule has 0 fully saturated rings. The smallest absolute Gasteiger partial charge is 0.248 e. The lowest BCUT2D eigenvalue weighted by Crippen LogP contribution is -2.10. The van der Waals surface area contributed by atoms with E-state index in [0.29, 0.717) is 10.6 Å². The number of carbonyl (C=O) groups is 1. The minimum absolute atomic E-state index is 0.407. The van der Waals surface area contributed by atoms with E-state index in [-0.39, 0.29) is 0 Å². The first-order valence-corrected chi connectivity index (χ1v) is 5.62. The third-order valence-corrected chi connectivity index (χ3v) is 2.92. The SMILES string of the molecule is Cc1cc(C(N)=O)ccc1-c1ccc(Cl)cc1. The number of nitrogens with two attached hydrogens (primary N) is 1. The molecule has 2 nitrogen and oxygen atoms in total. The maximum atomic E-state index is 11.1. The highest BCUT2D eigenvalue weighted by atomic mass is 35.5. The molecule has 0 aliphatic heterocycles. The van der Waals surface area contributed by atoms with E-state index < -0.39 is 5.91 Å². The third kappa shape index (κ3) is 2.48. The molecule has 2 N–H and O–H groups in total. The molecular formula is C14H12ClNO. The lowest BCUT2D eigenvalue weighted by Gasteiger charge is -2.07. The summed E-state index contributed by atoms with van der Waals surface area (Å²) in [6.07, 6.45) is 0. The highest BCUT2D eigenvalue weighted by Crippen LogP contribution is 2.25. The van der Waals surface area contributed by atoms with Crippen LogP contribution in [0.3, 0.4) is 0 Å². The molecule has 2 aromatic rings. The van der Waals surface area contributed by atoms with Gasteiger partial charge in [0, 0.05) is 10.6 Å². The van der Waals surface area contributed by atoms with Gasteiger partial charge in [0.25, 0.3) is 0 Å². The second kappa shape index (κ2) is 4.60. The van der Waals surface area contributed by atoms with E-state index in [2.05, 4.69) is 0 Å². The van der Waals surface area contributed by atoms with Gasteiger partial charge in [-0.2, -0.15) is 0 Å². The van der Waals surface area contributed by atoms with Crippen LogP contribution < -0.4 is 5.73 Å². The average molecular weight is 246 g/mol. The van der Waals surface area contributed by atoms with Gasteiger partial charge in [0.1, 0.15) is 0 Å². The third-order valence-electron chi connectivity index (χ3n) is 2.67. The Bertz CT molecular complexity index is 561. The maximum absolute atomic E-state index is 11.1. The summed E-state index contributed by atoms with van der Waals surface area (Å²) in [5.74, 6) is -0.407. The zero-order valence-electron chi connectivity index (χ0n) is 9.41. The standard InChI is InChI=1S/C14H12ClNO/c1-9-8-11(14(16)17)4-7-13(9)10-2-5-12(15)6-3-10/h2-8H,1H3,(H2,16,17). The normalized spacial score (nSPS) is 10.2. The van der Waals surface area contributed by atoms with Gasteiger partial charge in [0.05, 0.1) is 0 Å². The molecule has 0 atom stereocenters. The first kappa shape index (κ1) is 11.7. The van der Waals surface area contributed by atoms with Gasteiger partial charge < -0.3 is 5.73 Å². The molecule has 0 aliphatic carbocycles. The summed E-state index contributed by atoms with van der Waals surface area (Å²) in [6, 6.07) is 13.0. The Balaban J connectivity index is 2.46. The van der Waals surface area contributed by atoms with E-state index in [0.717, 1.165) is 16.7 Å². The number of hydrogen-bond donors (Lipinski definition) is 1. The van der Waals surface area contributed by atoms with Crippen LogP contribution in [0, 0.1) is 6.92 Å². The van der Waals surface area contributed by atoms with Crippen molar-refractivity contribution in [1.29, 1.82) is 0 Å². The molecule has 0 bridgehead atoms. The Labute approximate surface area is 105 Å². The lowest BCUT2D eigenvalue weighted by atomic mass is 9.98. The number of halogens is 1. The van der Waals surface area contributed by atoms with Crippen molar-refractivity contribution in [3.63, 3.8) is 0 Å². The van der Waals surface area contributed by atoms with Crippen molar-refractivity contribution in [3.8, 4) is 11.1 Å². The van der Waals surface area contributed by atoms with Crippen molar-refractivity contribution >= 4 is 17.5 Å². The predicted octanol–water partition coefficient (Wildman–Crippen LogP) is 3.41. The van der Waals surface area contributed by atoms with Gasteiger partial charge in [-0.3, -0.25) is 4.79 Å². The van der Waals surface area contributed by atoms with Gasteiger partial charge in [-0.25, -0.2) is 0 Å². The van der Waals surface area contributed by atoms with Crippen molar-refractivity contribution in [1.82, 2.24) is 0 Å². The molecule has 2 rings (SSSR count). The van der Waals surface area contributed by atoms with E-state index in [1.165, 1.54) is 0 Å². The summed E-state index contributed by atoms with van der Waals surface area (Å²) in [5.41, 5.74) is 8.93. The quantitative estimate of drug-likeness (QED) is 0.866. The van der Waals surface area contributed by atoms with Crippen molar-refractivity contribution < 1.29 is 4.79 Å². The summed E-state index contributed by atoms with van der Waals surface area (Å²) >= 11 is 5.84. The van der Waals surface area contributed by atoms with E-state index in [4.69, 9.17) is 17.3 Å². The number of benzene rings is 2. The van der Waals surface area contributed by atoms with E-state index in [9.17, 15) is 4.79 Å². The molecule has 0 unspecified atom stereocenters. The van der Waals surface area contributed by atoms with Crippen LogP contribution in [0.4, 0.5) is 0 Å². The average Bonchev–Trinajstić information content (AvgIpc) is 2.30. The number of hydrogen-bond acceptors (Lipinski definition) is 1. The fraction of sp³-hybridized carbons (Fsp3) is 0.0714. The Morgan fingerprint density at radius 2 is 1.76 bits per heavy atom. The molecule has 3 heteroatoms. The second-order valence-corrected chi connectivity index (χ2v) is 4.34. The number of rotatable bonds is 2. The van der Waals surface area contributed by atoms with Crippen LogP contribution in [0.1, 0.15) is 15.9 Å². The highest BCUT2D eigenvalue weighted by Gasteiger charge is 2.05. The van der Waals surface area contributed by atoms with Crippen LogP contribution in [-0.2, 0) is 0 Å². The van der Waals surface area contributed by atoms with Crippen LogP contribution in [0.25, 0.3) is 11.1 Å². The first-order valence-electron chi connectivity index (χ1n) is 5.24. The Hall–Kier alpha value is -1.80. The maximum Gasteiger partial charge on any atom is 0.248 e. The highest BCUT2D eigenvalue weighted by molar-refractivity contribution is 6.30. The number of amides is 1. The van der Waals surface area contributed by atoms with Crippen molar-refractivity contribution in [3.05, 3.63) is 58.6 Å². The van der Waals surface area contributed by atoms with Gasteiger partial charge in [-0.1, -0.05) is 29.8 Å². The van der Waals surface area contributed by atoms with Crippen LogP contribution >= 0.6 is 11.6 Å². The Morgan fingerprint density at radius 1 is 1.12 bits per heavy atom. The fourth-order valence-electron chi connectivity index (χ4n) is 1.77. The van der Waals surface area contributed by atoms with Crippen molar-refractivity contribution in [2.45, 2.75) is 6.92 Å². The molecule has 86 valence electrons. The molecule has 2 aromatic carbocycles. The molecule has 0 saturated carbocycles. The molecule has 17 heavy (non-hydrogen) atoms. The van der Waals surface area contributed by atoms with Gasteiger partial charge in [-0.05, 0) is 47.9 Å². The van der Waals surface area contributed by atoms with Crippen LogP contribution in [0.15, 0.2) is 42.5 Å². The number of carbonyl (C=O) groups excluding carboxylic acids is 1. The van der Waals surface area contributed by atoms with Crippen molar-refractivity contribution in [2.75, 3.05) is 0 Å². The molecule has 0 saturated heterocycles. The topological polar surface area (TPSA) is 43.1 Å². The molecule has 0 aliphatic rings.